The monoisotopic (exact) mass is 272 g/mol. The second-order valence-corrected chi connectivity index (χ2v) is 5.24. The Balaban J connectivity index is 2.19. The molecule has 100 valence electrons. The van der Waals surface area contributed by atoms with Gasteiger partial charge < -0.3 is 15.6 Å². The highest BCUT2D eigenvalue weighted by Crippen LogP contribution is 2.32. The summed E-state index contributed by atoms with van der Waals surface area (Å²) in [6.45, 7) is 3.43. The van der Waals surface area contributed by atoms with Gasteiger partial charge in [0.1, 0.15) is 0 Å². The molecule has 1 saturated heterocycles. The lowest BCUT2D eigenvalue weighted by Gasteiger charge is -2.30. The fourth-order valence-corrected chi connectivity index (χ4v) is 2.80. The van der Waals surface area contributed by atoms with E-state index in [0.29, 0.717) is 30.2 Å². The van der Waals surface area contributed by atoms with Crippen molar-refractivity contribution < 1.29 is 14.6 Å². The van der Waals surface area contributed by atoms with Gasteiger partial charge >= 0.3 is 5.97 Å². The molecule has 1 aliphatic heterocycles. The first-order valence-electron chi connectivity index (χ1n) is 5.72. The molecule has 0 spiro atoms. The zero-order chi connectivity index (χ0) is 13.1. The van der Waals surface area contributed by atoms with Crippen LogP contribution < -0.4 is 5.73 Å². The highest BCUT2D eigenvalue weighted by molar-refractivity contribution is 7.99. The molecule has 0 saturated carbocycles. The van der Waals surface area contributed by atoms with E-state index in [0.717, 1.165) is 18.2 Å². The fraction of sp³-hybridized carbons (Fsp3) is 0.700. The molecule has 0 bridgehead atoms. The molecule has 1 aromatic heterocycles. The number of nitrogen functional groups attached to an aromatic ring is 1. The molecular weight excluding hydrogens is 256 g/mol. The number of hydrogen-bond acceptors (Lipinski definition) is 6. The van der Waals surface area contributed by atoms with E-state index in [9.17, 15) is 4.79 Å². The Morgan fingerprint density at radius 1 is 1.67 bits per heavy atom. The maximum Gasteiger partial charge on any atom is 0.313 e. The molecule has 0 amide bonds. The number of nitrogens with zero attached hydrogens (tertiary/aromatic N) is 3. The van der Waals surface area contributed by atoms with Gasteiger partial charge in [-0.2, -0.15) is 0 Å². The van der Waals surface area contributed by atoms with Crippen LogP contribution in [0.1, 0.15) is 19.4 Å². The van der Waals surface area contributed by atoms with Crippen LogP contribution in [0.25, 0.3) is 0 Å². The molecule has 7 nitrogen and oxygen atoms in total. The fourth-order valence-electron chi connectivity index (χ4n) is 2.08. The number of ether oxygens (including phenoxy) is 1. The SMILES string of the molecule is CC1COCCC1n1c(N)nnc1SCC(=O)O. The van der Waals surface area contributed by atoms with Crippen molar-refractivity contribution in [2.45, 2.75) is 24.5 Å². The normalized spacial score (nSPS) is 24.1. The summed E-state index contributed by atoms with van der Waals surface area (Å²) in [6.07, 6.45) is 0.837. The Kier molecular flexibility index (Phi) is 4.07. The lowest BCUT2D eigenvalue weighted by Crippen LogP contribution is -2.29. The Hall–Kier alpha value is -1.28. The average molecular weight is 272 g/mol. The zero-order valence-corrected chi connectivity index (χ0v) is 10.9. The minimum absolute atomic E-state index is 0.0459. The van der Waals surface area contributed by atoms with E-state index in [1.165, 1.54) is 0 Å². The predicted molar refractivity (Wildman–Crippen MR) is 66.4 cm³/mol. The zero-order valence-electron chi connectivity index (χ0n) is 10.1. The van der Waals surface area contributed by atoms with Crippen LogP contribution in [0.5, 0.6) is 0 Å². The summed E-state index contributed by atoms with van der Waals surface area (Å²) in [5.41, 5.74) is 5.83. The number of hydrogen-bond donors (Lipinski definition) is 2. The van der Waals surface area contributed by atoms with Crippen molar-refractivity contribution >= 4 is 23.7 Å². The van der Waals surface area contributed by atoms with Gasteiger partial charge in [-0.1, -0.05) is 18.7 Å². The standard InChI is InChI=1S/C10H16N4O3S/c1-6-4-17-3-2-7(6)14-9(11)12-13-10(14)18-5-8(15)16/h6-7H,2-5H2,1H3,(H2,11,12)(H,15,16). The van der Waals surface area contributed by atoms with Crippen molar-refractivity contribution in [3.8, 4) is 0 Å². The Labute approximate surface area is 109 Å². The largest absolute Gasteiger partial charge is 0.481 e. The molecule has 18 heavy (non-hydrogen) atoms. The molecule has 1 fully saturated rings. The van der Waals surface area contributed by atoms with Gasteiger partial charge in [-0.15, -0.1) is 10.2 Å². The first-order chi connectivity index (χ1) is 8.59. The third-order valence-electron chi connectivity index (χ3n) is 2.94. The molecule has 8 heteroatoms. The highest BCUT2D eigenvalue weighted by atomic mass is 32.2. The van der Waals surface area contributed by atoms with E-state index in [4.69, 9.17) is 15.6 Å². The van der Waals surface area contributed by atoms with Gasteiger partial charge in [0.05, 0.1) is 12.4 Å². The molecule has 0 aliphatic carbocycles. The van der Waals surface area contributed by atoms with Crippen LogP contribution in [0, 0.1) is 5.92 Å². The molecule has 2 heterocycles. The summed E-state index contributed by atoms with van der Waals surface area (Å²) >= 11 is 1.14. The van der Waals surface area contributed by atoms with Gasteiger partial charge in [-0.3, -0.25) is 9.36 Å². The van der Waals surface area contributed by atoms with Gasteiger partial charge in [0.25, 0.3) is 0 Å². The second kappa shape index (κ2) is 5.57. The molecule has 3 N–H and O–H groups in total. The predicted octanol–water partition coefficient (Wildman–Crippen LogP) is 0.634. The number of aliphatic carboxylic acids is 1. The van der Waals surface area contributed by atoms with Gasteiger partial charge in [0.15, 0.2) is 5.16 Å². The molecule has 1 aliphatic rings. The summed E-state index contributed by atoms with van der Waals surface area (Å²) in [6, 6.07) is 0.171. The molecule has 0 radical (unpaired) electrons. The van der Waals surface area contributed by atoms with Crippen molar-refractivity contribution in [3.05, 3.63) is 0 Å². The Morgan fingerprint density at radius 3 is 3.11 bits per heavy atom. The molecule has 0 aromatic carbocycles. The van der Waals surface area contributed by atoms with E-state index in [1.807, 2.05) is 4.57 Å². The smallest absolute Gasteiger partial charge is 0.313 e. The summed E-state index contributed by atoms with van der Waals surface area (Å²) in [5.74, 6) is -0.286. The van der Waals surface area contributed by atoms with Crippen molar-refractivity contribution in [2.75, 3.05) is 24.7 Å². The number of carboxylic acid groups (broad SMARTS) is 1. The lowest BCUT2D eigenvalue weighted by molar-refractivity contribution is -0.133. The molecule has 2 rings (SSSR count). The number of thioether (sulfide) groups is 1. The maximum atomic E-state index is 10.6. The van der Waals surface area contributed by atoms with Crippen molar-refractivity contribution in [1.82, 2.24) is 14.8 Å². The summed E-state index contributed by atoms with van der Waals surface area (Å²) in [7, 11) is 0. The van der Waals surface area contributed by atoms with Crippen molar-refractivity contribution in [3.63, 3.8) is 0 Å². The van der Waals surface area contributed by atoms with E-state index >= 15 is 0 Å². The maximum absolute atomic E-state index is 10.6. The first kappa shape index (κ1) is 13.2. The summed E-state index contributed by atoms with van der Waals surface area (Å²) in [4.78, 5) is 10.6. The number of carboxylic acids is 1. The molecule has 2 unspecified atom stereocenters. The summed E-state index contributed by atoms with van der Waals surface area (Å²) < 4.78 is 7.23. The van der Waals surface area contributed by atoms with Crippen LogP contribution in [0.15, 0.2) is 5.16 Å². The van der Waals surface area contributed by atoms with Crippen LogP contribution >= 0.6 is 11.8 Å². The molecule has 1 aromatic rings. The van der Waals surface area contributed by atoms with Crippen LogP contribution in [-0.2, 0) is 9.53 Å². The van der Waals surface area contributed by atoms with E-state index in [2.05, 4.69) is 17.1 Å². The molecular formula is C10H16N4O3S. The van der Waals surface area contributed by atoms with Crippen molar-refractivity contribution in [2.24, 2.45) is 5.92 Å². The highest BCUT2D eigenvalue weighted by Gasteiger charge is 2.28. The number of rotatable bonds is 4. The van der Waals surface area contributed by atoms with E-state index < -0.39 is 5.97 Å². The average Bonchev–Trinajstić information content (AvgIpc) is 2.69. The lowest BCUT2D eigenvalue weighted by atomic mass is 9.98. The number of anilines is 1. The van der Waals surface area contributed by atoms with Crippen LogP contribution in [0.3, 0.4) is 0 Å². The molecule has 2 atom stereocenters. The third kappa shape index (κ3) is 2.75. The van der Waals surface area contributed by atoms with Crippen LogP contribution in [0.4, 0.5) is 5.95 Å². The van der Waals surface area contributed by atoms with E-state index in [1.54, 1.807) is 0 Å². The van der Waals surface area contributed by atoms with Gasteiger partial charge in [-0.25, -0.2) is 0 Å². The Morgan fingerprint density at radius 2 is 2.44 bits per heavy atom. The number of aromatic nitrogens is 3. The van der Waals surface area contributed by atoms with E-state index in [-0.39, 0.29) is 11.8 Å². The van der Waals surface area contributed by atoms with Gasteiger partial charge in [0.2, 0.25) is 5.95 Å². The van der Waals surface area contributed by atoms with Gasteiger partial charge in [0, 0.05) is 18.6 Å². The van der Waals surface area contributed by atoms with Gasteiger partial charge in [-0.05, 0) is 6.42 Å². The number of nitrogens with two attached hydrogens (primary N) is 1. The minimum atomic E-state index is -0.881. The Bertz CT molecular complexity index is 437. The van der Waals surface area contributed by atoms with Crippen LogP contribution in [0.2, 0.25) is 0 Å². The minimum Gasteiger partial charge on any atom is -0.481 e. The quantitative estimate of drug-likeness (QED) is 0.775. The third-order valence-corrected chi connectivity index (χ3v) is 3.87. The van der Waals surface area contributed by atoms with Crippen molar-refractivity contribution in [1.29, 1.82) is 0 Å². The van der Waals surface area contributed by atoms with Crippen LogP contribution in [-0.4, -0.2) is 44.8 Å². The topological polar surface area (TPSA) is 103 Å². The number of carbonyl (C=O) groups is 1. The summed E-state index contributed by atoms with van der Waals surface area (Å²) in [5, 5.41) is 17.1. The second-order valence-electron chi connectivity index (χ2n) is 4.30. The first-order valence-corrected chi connectivity index (χ1v) is 6.71.